The molecule has 1 unspecified atom stereocenters. The maximum atomic E-state index is 5.93. The molecule has 1 atom stereocenters. The van der Waals surface area contributed by atoms with E-state index in [1.54, 1.807) is 5.56 Å². The summed E-state index contributed by atoms with van der Waals surface area (Å²) in [5, 5.41) is 0. The summed E-state index contributed by atoms with van der Waals surface area (Å²) < 4.78 is 0. The molecule has 0 bridgehead atoms. The van der Waals surface area contributed by atoms with Crippen molar-refractivity contribution >= 4 is 0 Å². The van der Waals surface area contributed by atoms with Crippen molar-refractivity contribution < 1.29 is 0 Å². The van der Waals surface area contributed by atoms with Crippen molar-refractivity contribution in [3.05, 3.63) is 34.9 Å². The maximum absolute atomic E-state index is 5.93. The molecule has 68 valence electrons. The van der Waals surface area contributed by atoms with Gasteiger partial charge in [-0.1, -0.05) is 18.2 Å². The third-order valence-corrected chi connectivity index (χ3v) is 3.24. The lowest BCUT2D eigenvalue weighted by molar-refractivity contribution is 0.721. The Morgan fingerprint density at radius 2 is 1.85 bits per heavy atom. The molecule has 1 aromatic carbocycles. The van der Waals surface area contributed by atoms with E-state index in [1.807, 2.05) is 0 Å². The predicted molar refractivity (Wildman–Crippen MR) is 53.8 cm³/mol. The van der Waals surface area contributed by atoms with Gasteiger partial charge in [0.1, 0.15) is 0 Å². The van der Waals surface area contributed by atoms with Gasteiger partial charge in [-0.25, -0.2) is 0 Å². The second kappa shape index (κ2) is 2.58. The molecule has 3 rings (SSSR count). The summed E-state index contributed by atoms with van der Waals surface area (Å²) in [5.41, 5.74) is 10.5. The minimum Gasteiger partial charge on any atom is -0.327 e. The second-order valence-corrected chi connectivity index (χ2v) is 4.47. The number of hydrogen-bond acceptors (Lipinski definition) is 1. The standard InChI is InChI=1S/C12H15N/c13-12-6-10-4-3-9(8-1-2-8)5-11(10)7-12/h3-5,8,12H,1-2,6-7,13H2. The number of fused-ring (bicyclic) bond motifs is 1. The third-order valence-electron chi connectivity index (χ3n) is 3.24. The topological polar surface area (TPSA) is 26.0 Å². The van der Waals surface area contributed by atoms with E-state index in [0.717, 1.165) is 18.8 Å². The highest BCUT2D eigenvalue weighted by molar-refractivity contribution is 5.39. The largest absolute Gasteiger partial charge is 0.327 e. The van der Waals surface area contributed by atoms with Crippen LogP contribution in [0.4, 0.5) is 0 Å². The molecular weight excluding hydrogens is 158 g/mol. The summed E-state index contributed by atoms with van der Waals surface area (Å²) in [6, 6.07) is 7.36. The molecule has 0 aliphatic heterocycles. The molecule has 2 aliphatic carbocycles. The van der Waals surface area contributed by atoms with E-state index < -0.39 is 0 Å². The molecule has 1 fully saturated rings. The summed E-state index contributed by atoms with van der Waals surface area (Å²) in [7, 11) is 0. The van der Waals surface area contributed by atoms with Gasteiger partial charge in [0.2, 0.25) is 0 Å². The van der Waals surface area contributed by atoms with Gasteiger partial charge in [-0.05, 0) is 48.3 Å². The minimum absolute atomic E-state index is 0.379. The molecule has 0 saturated heterocycles. The van der Waals surface area contributed by atoms with Crippen LogP contribution >= 0.6 is 0 Å². The Bertz CT molecular complexity index is 339. The average Bonchev–Trinajstić information content (AvgIpc) is 2.87. The monoisotopic (exact) mass is 173 g/mol. The summed E-state index contributed by atoms with van der Waals surface area (Å²) in [4.78, 5) is 0. The zero-order valence-electron chi connectivity index (χ0n) is 7.79. The van der Waals surface area contributed by atoms with Crippen LogP contribution in [0, 0.1) is 0 Å². The summed E-state index contributed by atoms with van der Waals surface area (Å²) in [6.07, 6.45) is 4.96. The van der Waals surface area contributed by atoms with Crippen molar-refractivity contribution in [1.82, 2.24) is 0 Å². The first-order valence-electron chi connectivity index (χ1n) is 5.20. The van der Waals surface area contributed by atoms with Crippen LogP contribution in [0.3, 0.4) is 0 Å². The van der Waals surface area contributed by atoms with Gasteiger partial charge in [0.15, 0.2) is 0 Å². The molecule has 2 aliphatic rings. The van der Waals surface area contributed by atoms with E-state index in [2.05, 4.69) is 18.2 Å². The molecule has 0 heterocycles. The molecule has 0 amide bonds. The first-order valence-corrected chi connectivity index (χ1v) is 5.20. The Hall–Kier alpha value is -0.820. The van der Waals surface area contributed by atoms with Crippen molar-refractivity contribution in [2.24, 2.45) is 5.73 Å². The molecular formula is C12H15N. The number of hydrogen-bond donors (Lipinski definition) is 1. The van der Waals surface area contributed by atoms with Gasteiger partial charge < -0.3 is 5.73 Å². The first-order chi connectivity index (χ1) is 6.33. The number of rotatable bonds is 1. The van der Waals surface area contributed by atoms with Gasteiger partial charge >= 0.3 is 0 Å². The Balaban J connectivity index is 1.98. The van der Waals surface area contributed by atoms with Crippen LogP contribution in [-0.2, 0) is 12.8 Å². The normalized spacial score (nSPS) is 26.1. The first kappa shape index (κ1) is 7.57. The van der Waals surface area contributed by atoms with E-state index >= 15 is 0 Å². The van der Waals surface area contributed by atoms with Crippen molar-refractivity contribution in [3.8, 4) is 0 Å². The van der Waals surface area contributed by atoms with E-state index in [9.17, 15) is 0 Å². The van der Waals surface area contributed by atoms with Crippen LogP contribution in [0.5, 0.6) is 0 Å². The van der Waals surface area contributed by atoms with Gasteiger partial charge in [0.25, 0.3) is 0 Å². The summed E-state index contributed by atoms with van der Waals surface area (Å²) in [6.45, 7) is 0. The van der Waals surface area contributed by atoms with E-state index in [4.69, 9.17) is 5.73 Å². The van der Waals surface area contributed by atoms with Crippen LogP contribution in [0.25, 0.3) is 0 Å². The lowest BCUT2D eigenvalue weighted by atomic mass is 10.0. The SMILES string of the molecule is NC1Cc2ccc(C3CC3)cc2C1. The maximum Gasteiger partial charge on any atom is 0.0120 e. The van der Waals surface area contributed by atoms with Crippen molar-refractivity contribution in [2.75, 3.05) is 0 Å². The van der Waals surface area contributed by atoms with E-state index in [0.29, 0.717) is 6.04 Å². The predicted octanol–water partition coefficient (Wildman–Crippen LogP) is 1.99. The lowest BCUT2D eigenvalue weighted by Crippen LogP contribution is -2.18. The molecule has 0 aromatic heterocycles. The van der Waals surface area contributed by atoms with Gasteiger partial charge in [-0.3, -0.25) is 0 Å². The summed E-state index contributed by atoms with van der Waals surface area (Å²) >= 11 is 0. The third kappa shape index (κ3) is 1.28. The van der Waals surface area contributed by atoms with Gasteiger partial charge in [0, 0.05) is 6.04 Å². The fourth-order valence-electron chi connectivity index (χ4n) is 2.34. The van der Waals surface area contributed by atoms with E-state index in [1.165, 1.54) is 24.0 Å². The molecule has 1 saturated carbocycles. The van der Waals surface area contributed by atoms with Crippen molar-refractivity contribution in [2.45, 2.75) is 37.6 Å². The van der Waals surface area contributed by atoms with Crippen molar-refractivity contribution in [3.63, 3.8) is 0 Å². The minimum atomic E-state index is 0.379. The van der Waals surface area contributed by atoms with Crippen LogP contribution in [0.15, 0.2) is 18.2 Å². The number of benzene rings is 1. The molecule has 0 spiro atoms. The Morgan fingerprint density at radius 1 is 1.08 bits per heavy atom. The molecule has 2 N–H and O–H groups in total. The fourth-order valence-corrected chi connectivity index (χ4v) is 2.34. The highest BCUT2D eigenvalue weighted by atomic mass is 14.6. The average molecular weight is 173 g/mol. The van der Waals surface area contributed by atoms with Crippen LogP contribution in [0.1, 0.15) is 35.4 Å². The molecule has 0 radical (unpaired) electrons. The second-order valence-electron chi connectivity index (χ2n) is 4.47. The zero-order valence-corrected chi connectivity index (χ0v) is 7.79. The Kier molecular flexibility index (Phi) is 1.50. The molecule has 1 nitrogen and oxygen atoms in total. The van der Waals surface area contributed by atoms with Gasteiger partial charge in [-0.2, -0.15) is 0 Å². The smallest absolute Gasteiger partial charge is 0.0120 e. The molecule has 1 heteroatoms. The van der Waals surface area contributed by atoms with Gasteiger partial charge in [0.05, 0.1) is 0 Å². The van der Waals surface area contributed by atoms with Crippen LogP contribution in [-0.4, -0.2) is 6.04 Å². The van der Waals surface area contributed by atoms with Crippen LogP contribution < -0.4 is 5.73 Å². The Labute approximate surface area is 78.9 Å². The lowest BCUT2D eigenvalue weighted by Gasteiger charge is -2.02. The fraction of sp³-hybridized carbons (Fsp3) is 0.500. The number of nitrogens with two attached hydrogens (primary N) is 1. The highest BCUT2D eigenvalue weighted by Gasteiger charge is 2.25. The molecule has 1 aromatic rings. The molecule has 13 heavy (non-hydrogen) atoms. The van der Waals surface area contributed by atoms with Crippen molar-refractivity contribution in [1.29, 1.82) is 0 Å². The Morgan fingerprint density at radius 3 is 2.62 bits per heavy atom. The quantitative estimate of drug-likeness (QED) is 0.690. The zero-order chi connectivity index (χ0) is 8.84. The highest BCUT2D eigenvalue weighted by Crippen LogP contribution is 2.41. The van der Waals surface area contributed by atoms with E-state index in [-0.39, 0.29) is 0 Å². The van der Waals surface area contributed by atoms with Gasteiger partial charge in [-0.15, -0.1) is 0 Å². The van der Waals surface area contributed by atoms with Crippen LogP contribution in [0.2, 0.25) is 0 Å². The summed E-state index contributed by atoms with van der Waals surface area (Å²) in [5.74, 6) is 0.877.